The van der Waals surface area contributed by atoms with E-state index in [0.717, 1.165) is 47.6 Å². The molecule has 156 valence electrons. The number of halogens is 2. The summed E-state index contributed by atoms with van der Waals surface area (Å²) >= 11 is 0. The fourth-order valence-corrected chi connectivity index (χ4v) is 3.21. The number of phenolic OH excluding ortho intramolecular Hbond substituents is 1. The molecule has 29 heavy (non-hydrogen) atoms. The first-order valence-electron chi connectivity index (χ1n) is 9.22. The van der Waals surface area contributed by atoms with Crippen molar-refractivity contribution in [1.29, 1.82) is 0 Å². The Morgan fingerprint density at radius 1 is 1.24 bits per heavy atom. The fraction of sp³-hybridized carbons (Fsp3) is 0.286. The summed E-state index contributed by atoms with van der Waals surface area (Å²) < 4.78 is 11.3. The Morgan fingerprint density at radius 2 is 2.10 bits per heavy atom. The van der Waals surface area contributed by atoms with E-state index in [1.165, 1.54) is 0 Å². The number of hydrogen-bond donors (Lipinski definition) is 3. The molecule has 0 amide bonds. The van der Waals surface area contributed by atoms with Gasteiger partial charge in [0.25, 0.3) is 0 Å². The molecule has 1 aliphatic rings. The Hall–Kier alpha value is -2.41. The standard InChI is InChI=1S/C21H23N3O3.2ClH/c1-2-23-21(15-3-5-19-14(11-15)8-10-26-19)24-16-4-6-20(18(25)12-16)27-17-7-9-22-13-17;;/h3-6,8,10-12,17,22,25H,2,7,9,13H2,1H3,(H,23,24);2*1H/t17-;;/m0../s1. The number of nitrogens with zero attached hydrogens (tertiary/aromatic N) is 1. The van der Waals surface area contributed by atoms with Gasteiger partial charge in [-0.15, -0.1) is 24.8 Å². The van der Waals surface area contributed by atoms with Crippen LogP contribution in [0.25, 0.3) is 11.0 Å². The second-order valence-corrected chi connectivity index (χ2v) is 6.54. The summed E-state index contributed by atoms with van der Waals surface area (Å²) in [6, 6.07) is 13.2. The van der Waals surface area contributed by atoms with E-state index in [-0.39, 0.29) is 36.7 Å². The van der Waals surface area contributed by atoms with Crippen LogP contribution in [0.4, 0.5) is 5.69 Å². The smallest absolute Gasteiger partial charge is 0.161 e. The van der Waals surface area contributed by atoms with Crippen LogP contribution in [0.15, 0.2) is 58.1 Å². The number of fused-ring (bicyclic) bond motifs is 1. The molecule has 2 aromatic carbocycles. The van der Waals surface area contributed by atoms with E-state index < -0.39 is 0 Å². The molecule has 0 aliphatic carbocycles. The van der Waals surface area contributed by atoms with Crippen LogP contribution in [0.1, 0.15) is 18.9 Å². The number of aromatic hydroxyl groups is 1. The molecule has 1 atom stereocenters. The van der Waals surface area contributed by atoms with Gasteiger partial charge in [-0.3, -0.25) is 4.99 Å². The van der Waals surface area contributed by atoms with Gasteiger partial charge in [-0.1, -0.05) is 0 Å². The lowest BCUT2D eigenvalue weighted by Crippen LogP contribution is -2.19. The van der Waals surface area contributed by atoms with Crippen molar-refractivity contribution in [3.8, 4) is 11.5 Å². The van der Waals surface area contributed by atoms with Crippen molar-refractivity contribution in [3.05, 3.63) is 54.3 Å². The quantitative estimate of drug-likeness (QED) is 0.401. The third kappa shape index (κ3) is 5.35. The SMILES string of the molecule is CCN=C(Nc1ccc(O[C@H]2CCNC2)c(O)c1)c1ccc2occc2c1.Cl.Cl. The molecule has 1 saturated heterocycles. The number of amidine groups is 1. The maximum absolute atomic E-state index is 10.3. The lowest BCUT2D eigenvalue weighted by molar-refractivity contribution is 0.214. The van der Waals surface area contributed by atoms with Crippen LogP contribution in [0.5, 0.6) is 11.5 Å². The van der Waals surface area contributed by atoms with Gasteiger partial charge in [0.15, 0.2) is 11.5 Å². The van der Waals surface area contributed by atoms with E-state index in [2.05, 4.69) is 15.6 Å². The molecule has 3 N–H and O–H groups in total. The van der Waals surface area contributed by atoms with Gasteiger partial charge in [0.1, 0.15) is 17.5 Å². The number of furan rings is 1. The molecule has 0 saturated carbocycles. The fourth-order valence-electron chi connectivity index (χ4n) is 3.21. The predicted molar refractivity (Wildman–Crippen MR) is 121 cm³/mol. The van der Waals surface area contributed by atoms with Gasteiger partial charge in [-0.2, -0.15) is 0 Å². The van der Waals surface area contributed by atoms with Crippen LogP contribution >= 0.6 is 24.8 Å². The van der Waals surface area contributed by atoms with Gasteiger partial charge in [0, 0.05) is 35.8 Å². The molecule has 0 radical (unpaired) electrons. The molecule has 0 spiro atoms. The van der Waals surface area contributed by atoms with Gasteiger partial charge < -0.3 is 24.9 Å². The Labute approximate surface area is 182 Å². The van der Waals surface area contributed by atoms with Crippen LogP contribution in [-0.2, 0) is 0 Å². The van der Waals surface area contributed by atoms with E-state index in [0.29, 0.717) is 12.3 Å². The second-order valence-electron chi connectivity index (χ2n) is 6.54. The van der Waals surface area contributed by atoms with Crippen molar-refractivity contribution < 1.29 is 14.3 Å². The van der Waals surface area contributed by atoms with Crippen molar-refractivity contribution in [2.24, 2.45) is 4.99 Å². The number of phenols is 1. The van der Waals surface area contributed by atoms with Crippen LogP contribution in [0.2, 0.25) is 0 Å². The van der Waals surface area contributed by atoms with Gasteiger partial charge in [-0.25, -0.2) is 0 Å². The number of anilines is 1. The number of ether oxygens (including phenoxy) is 1. The van der Waals surface area contributed by atoms with Crippen LogP contribution in [-0.4, -0.2) is 36.7 Å². The Morgan fingerprint density at radius 3 is 2.83 bits per heavy atom. The third-order valence-electron chi connectivity index (χ3n) is 4.57. The Balaban J connectivity index is 0.00000150. The number of rotatable bonds is 5. The van der Waals surface area contributed by atoms with E-state index >= 15 is 0 Å². The van der Waals surface area contributed by atoms with Gasteiger partial charge in [-0.05, 0) is 56.3 Å². The Kier molecular flexibility index (Phi) is 8.20. The zero-order valence-corrected chi connectivity index (χ0v) is 17.7. The summed E-state index contributed by atoms with van der Waals surface area (Å²) in [4.78, 5) is 4.57. The first-order valence-corrected chi connectivity index (χ1v) is 9.22. The molecule has 3 aromatic rings. The number of nitrogens with one attached hydrogen (secondary N) is 2. The van der Waals surface area contributed by atoms with Crippen molar-refractivity contribution in [2.45, 2.75) is 19.4 Å². The summed E-state index contributed by atoms with van der Waals surface area (Å²) in [6.07, 6.45) is 2.73. The van der Waals surface area contributed by atoms with Gasteiger partial charge in [0.2, 0.25) is 0 Å². The average molecular weight is 438 g/mol. The molecular weight excluding hydrogens is 413 g/mol. The minimum absolute atomic E-state index is 0. The van der Waals surface area contributed by atoms with Crippen LogP contribution < -0.4 is 15.4 Å². The molecule has 8 heteroatoms. The largest absolute Gasteiger partial charge is 0.504 e. The molecule has 0 bridgehead atoms. The van der Waals surface area contributed by atoms with Crippen molar-refractivity contribution in [2.75, 3.05) is 25.0 Å². The molecular formula is C21H25Cl2N3O3. The number of hydrogen-bond acceptors (Lipinski definition) is 5. The van der Waals surface area contributed by atoms with Crippen molar-refractivity contribution in [3.63, 3.8) is 0 Å². The predicted octanol–water partition coefficient (Wildman–Crippen LogP) is 4.60. The average Bonchev–Trinajstić information content (AvgIpc) is 3.34. The lowest BCUT2D eigenvalue weighted by Gasteiger charge is -2.15. The number of benzene rings is 2. The molecule has 1 fully saturated rings. The minimum atomic E-state index is 0. The third-order valence-corrected chi connectivity index (χ3v) is 4.57. The van der Waals surface area contributed by atoms with E-state index in [4.69, 9.17) is 9.15 Å². The highest BCUT2D eigenvalue weighted by molar-refractivity contribution is 6.09. The molecule has 4 rings (SSSR count). The van der Waals surface area contributed by atoms with Crippen molar-refractivity contribution in [1.82, 2.24) is 5.32 Å². The summed E-state index contributed by atoms with van der Waals surface area (Å²) in [6.45, 7) is 4.39. The highest BCUT2D eigenvalue weighted by Crippen LogP contribution is 2.31. The maximum atomic E-state index is 10.3. The van der Waals surface area contributed by atoms with E-state index in [1.54, 1.807) is 18.4 Å². The molecule has 0 unspecified atom stereocenters. The van der Waals surface area contributed by atoms with E-state index in [1.807, 2.05) is 37.3 Å². The summed E-state index contributed by atoms with van der Waals surface area (Å²) in [5.74, 6) is 1.37. The zero-order valence-electron chi connectivity index (χ0n) is 16.1. The highest BCUT2D eigenvalue weighted by atomic mass is 35.5. The summed E-state index contributed by atoms with van der Waals surface area (Å²) in [7, 11) is 0. The number of aliphatic imine (C=N–C) groups is 1. The molecule has 6 nitrogen and oxygen atoms in total. The monoisotopic (exact) mass is 437 g/mol. The Bertz CT molecular complexity index is 969. The zero-order chi connectivity index (χ0) is 18.6. The summed E-state index contributed by atoms with van der Waals surface area (Å²) in [5.41, 5.74) is 2.56. The molecule has 1 aliphatic heterocycles. The van der Waals surface area contributed by atoms with Crippen LogP contribution in [0.3, 0.4) is 0 Å². The minimum Gasteiger partial charge on any atom is -0.504 e. The first-order chi connectivity index (χ1) is 13.2. The van der Waals surface area contributed by atoms with Crippen molar-refractivity contribution >= 4 is 47.3 Å². The van der Waals surface area contributed by atoms with Gasteiger partial charge >= 0.3 is 0 Å². The molecule has 1 aromatic heterocycles. The summed E-state index contributed by atoms with van der Waals surface area (Å²) in [5, 5.41) is 17.9. The maximum Gasteiger partial charge on any atom is 0.161 e. The molecule has 2 heterocycles. The second kappa shape index (κ2) is 10.4. The normalized spacial score (nSPS) is 16.2. The van der Waals surface area contributed by atoms with E-state index in [9.17, 15) is 5.11 Å². The first kappa shape index (κ1) is 22.9. The van der Waals surface area contributed by atoms with Crippen LogP contribution in [0, 0.1) is 0 Å². The highest BCUT2D eigenvalue weighted by Gasteiger charge is 2.17. The van der Waals surface area contributed by atoms with Gasteiger partial charge in [0.05, 0.1) is 6.26 Å². The topological polar surface area (TPSA) is 79.0 Å². The lowest BCUT2D eigenvalue weighted by atomic mass is 10.1.